The van der Waals surface area contributed by atoms with Gasteiger partial charge in [-0.05, 0) is 17.8 Å². The number of nitrogens with zero attached hydrogens (tertiary/aromatic N) is 1. The van der Waals surface area contributed by atoms with Crippen LogP contribution in [-0.2, 0) is 4.79 Å². The van der Waals surface area contributed by atoms with E-state index in [1.54, 1.807) is 0 Å². The van der Waals surface area contributed by atoms with E-state index in [-0.39, 0.29) is 17.1 Å². The molecule has 1 saturated carbocycles. The fourth-order valence-corrected chi connectivity index (χ4v) is 2.25. The third kappa shape index (κ3) is 0.665. The Labute approximate surface area is 71.9 Å². The molecular weight excluding hydrogens is 150 g/mol. The van der Waals surface area contributed by atoms with Gasteiger partial charge in [-0.2, -0.15) is 5.26 Å². The van der Waals surface area contributed by atoms with E-state index in [1.165, 1.54) is 0 Å². The fourth-order valence-electron chi connectivity index (χ4n) is 2.25. The van der Waals surface area contributed by atoms with E-state index in [4.69, 9.17) is 5.26 Å². The van der Waals surface area contributed by atoms with Gasteiger partial charge in [-0.15, -0.1) is 0 Å². The Kier molecular flexibility index (Phi) is 1.24. The molecular formula is C10H11NO. The third-order valence-corrected chi connectivity index (χ3v) is 3.41. The quantitative estimate of drug-likeness (QED) is 0.542. The van der Waals surface area contributed by atoms with Gasteiger partial charge in [0.25, 0.3) is 0 Å². The van der Waals surface area contributed by atoms with E-state index in [2.05, 4.69) is 13.8 Å². The van der Waals surface area contributed by atoms with Crippen LogP contribution in [0.3, 0.4) is 0 Å². The van der Waals surface area contributed by atoms with Crippen molar-refractivity contribution in [1.29, 1.82) is 5.26 Å². The fraction of sp³-hybridized carbons (Fsp3) is 0.600. The van der Waals surface area contributed by atoms with Crippen molar-refractivity contribution in [2.75, 3.05) is 0 Å². The average molecular weight is 161 g/mol. The number of allylic oxidation sites excluding steroid dienone is 2. The highest BCUT2D eigenvalue weighted by Crippen LogP contribution is 2.56. The molecule has 0 saturated heterocycles. The first-order valence-electron chi connectivity index (χ1n) is 4.23. The summed E-state index contributed by atoms with van der Waals surface area (Å²) < 4.78 is 0. The first kappa shape index (κ1) is 7.54. The maximum Gasteiger partial charge on any atom is 0.176 e. The summed E-state index contributed by atoms with van der Waals surface area (Å²) in [6.45, 7) is 4.21. The van der Waals surface area contributed by atoms with Gasteiger partial charge in [-0.25, -0.2) is 0 Å². The van der Waals surface area contributed by atoms with Crippen LogP contribution in [0.1, 0.15) is 20.3 Å². The molecule has 1 fully saturated rings. The molecule has 3 rings (SSSR count). The molecule has 0 heterocycles. The van der Waals surface area contributed by atoms with Crippen LogP contribution in [0.25, 0.3) is 0 Å². The number of Topliss-reactive ketones (excluding diaryl/α,β-unsaturated/α-hetero) is 1. The van der Waals surface area contributed by atoms with Crippen molar-refractivity contribution in [3.05, 3.63) is 11.6 Å². The molecule has 12 heavy (non-hydrogen) atoms. The van der Waals surface area contributed by atoms with Gasteiger partial charge in [0.2, 0.25) is 0 Å². The Morgan fingerprint density at radius 2 is 2.33 bits per heavy atom. The molecule has 0 radical (unpaired) electrons. The molecule has 0 aromatic carbocycles. The number of carbonyl (C=O) groups is 1. The van der Waals surface area contributed by atoms with Crippen LogP contribution in [0.5, 0.6) is 0 Å². The van der Waals surface area contributed by atoms with E-state index in [9.17, 15) is 4.79 Å². The lowest BCUT2D eigenvalue weighted by Gasteiger charge is -2.52. The van der Waals surface area contributed by atoms with Gasteiger partial charge in [0.15, 0.2) is 5.78 Å². The highest BCUT2D eigenvalue weighted by molar-refractivity contribution is 6.03. The number of rotatable bonds is 0. The van der Waals surface area contributed by atoms with E-state index in [1.807, 2.05) is 12.1 Å². The highest BCUT2D eigenvalue weighted by Gasteiger charge is 2.54. The predicted octanol–water partition coefficient (Wildman–Crippen LogP) is 1.68. The number of hydrogen-bond donors (Lipinski definition) is 0. The molecule has 0 aromatic heterocycles. The van der Waals surface area contributed by atoms with E-state index >= 15 is 0 Å². The summed E-state index contributed by atoms with van der Waals surface area (Å²) >= 11 is 0. The first-order chi connectivity index (χ1) is 5.57. The lowest BCUT2D eigenvalue weighted by atomic mass is 9.49. The normalized spacial score (nSPS) is 36.4. The van der Waals surface area contributed by atoms with Gasteiger partial charge in [-0.1, -0.05) is 19.9 Å². The monoisotopic (exact) mass is 161 g/mol. The minimum absolute atomic E-state index is 0.0602. The topological polar surface area (TPSA) is 40.9 Å². The Hall–Kier alpha value is -1.10. The molecule has 2 atom stereocenters. The lowest BCUT2D eigenvalue weighted by molar-refractivity contribution is -0.133. The summed E-state index contributed by atoms with van der Waals surface area (Å²) in [7, 11) is 0. The number of carbonyl (C=O) groups excluding carboxylic acids is 1. The van der Waals surface area contributed by atoms with Crippen molar-refractivity contribution in [3.8, 4) is 6.07 Å². The van der Waals surface area contributed by atoms with E-state index in [0.29, 0.717) is 11.5 Å². The van der Waals surface area contributed by atoms with Crippen LogP contribution in [0.4, 0.5) is 0 Å². The molecule has 0 aliphatic heterocycles. The van der Waals surface area contributed by atoms with E-state index in [0.717, 1.165) is 6.42 Å². The van der Waals surface area contributed by atoms with Crippen LogP contribution < -0.4 is 0 Å². The number of fused-ring (bicyclic) bond motifs is 1. The molecule has 3 aliphatic carbocycles. The summed E-state index contributed by atoms with van der Waals surface area (Å²) in [6, 6.07) is 1.96. The zero-order valence-electron chi connectivity index (χ0n) is 7.29. The number of nitriles is 1. The van der Waals surface area contributed by atoms with Crippen LogP contribution in [0.2, 0.25) is 0 Å². The molecule has 0 N–H and O–H groups in total. The lowest BCUT2D eigenvalue weighted by Crippen LogP contribution is -2.51. The Morgan fingerprint density at radius 3 is 2.75 bits per heavy atom. The molecule has 3 aliphatic rings. The summed E-state index contributed by atoms with van der Waals surface area (Å²) in [5.74, 6) is 0.627. The minimum atomic E-state index is 0.0602. The first-order valence-corrected chi connectivity index (χ1v) is 4.23. The van der Waals surface area contributed by atoms with E-state index < -0.39 is 0 Å². The second-order valence-electron chi connectivity index (χ2n) is 4.27. The minimum Gasteiger partial charge on any atom is -0.293 e. The average Bonchev–Trinajstić information content (AvgIpc) is 2.03. The van der Waals surface area contributed by atoms with Gasteiger partial charge in [0.1, 0.15) is 6.07 Å². The zero-order valence-corrected chi connectivity index (χ0v) is 7.29. The second-order valence-corrected chi connectivity index (χ2v) is 4.27. The van der Waals surface area contributed by atoms with Crippen LogP contribution in [-0.4, -0.2) is 5.78 Å². The molecule has 0 aromatic rings. The summed E-state index contributed by atoms with van der Waals surface area (Å²) in [5.41, 5.74) is 0.493. The molecule has 2 heteroatoms. The Balaban J connectivity index is 2.42. The van der Waals surface area contributed by atoms with Crippen molar-refractivity contribution >= 4 is 5.78 Å². The Bertz CT molecular complexity index is 319. The highest BCUT2D eigenvalue weighted by atomic mass is 16.1. The molecule has 0 spiro atoms. The van der Waals surface area contributed by atoms with Gasteiger partial charge >= 0.3 is 0 Å². The summed E-state index contributed by atoms with van der Waals surface area (Å²) in [5, 5.41) is 8.63. The summed E-state index contributed by atoms with van der Waals surface area (Å²) in [6.07, 6.45) is 2.80. The van der Waals surface area contributed by atoms with Gasteiger partial charge in [0, 0.05) is 5.92 Å². The molecule has 2 nitrogen and oxygen atoms in total. The Morgan fingerprint density at radius 1 is 1.67 bits per heavy atom. The molecule has 62 valence electrons. The maximum atomic E-state index is 11.5. The van der Waals surface area contributed by atoms with Crippen LogP contribution >= 0.6 is 0 Å². The predicted molar refractivity (Wildman–Crippen MR) is 44.1 cm³/mol. The number of hydrogen-bond acceptors (Lipinski definition) is 2. The van der Waals surface area contributed by atoms with Gasteiger partial charge < -0.3 is 0 Å². The van der Waals surface area contributed by atoms with Crippen molar-refractivity contribution in [3.63, 3.8) is 0 Å². The second kappa shape index (κ2) is 1.98. The smallest absolute Gasteiger partial charge is 0.176 e. The SMILES string of the molecule is CC1(C)[C@H]2C=C(C#N)C(=O)[C@@H]1C2. The van der Waals surface area contributed by atoms with Crippen LogP contribution in [0.15, 0.2) is 11.6 Å². The van der Waals surface area contributed by atoms with Gasteiger partial charge in [-0.3, -0.25) is 4.79 Å². The third-order valence-electron chi connectivity index (χ3n) is 3.41. The standard InChI is InChI=1S/C10H11NO/c1-10(2)7-3-6(5-11)9(12)8(10)4-7/h3,7-8H,4H2,1-2H3/t7-,8-/m0/s1. The van der Waals surface area contributed by atoms with Crippen molar-refractivity contribution in [2.45, 2.75) is 20.3 Å². The van der Waals surface area contributed by atoms with Crippen molar-refractivity contribution in [1.82, 2.24) is 0 Å². The maximum absolute atomic E-state index is 11.5. The largest absolute Gasteiger partial charge is 0.293 e. The van der Waals surface area contributed by atoms with Crippen LogP contribution in [0, 0.1) is 28.6 Å². The molecule has 2 bridgehead atoms. The summed E-state index contributed by atoms with van der Waals surface area (Å²) in [4.78, 5) is 11.5. The van der Waals surface area contributed by atoms with Gasteiger partial charge in [0.05, 0.1) is 5.57 Å². The number of ketones is 1. The zero-order chi connectivity index (χ0) is 8.93. The van der Waals surface area contributed by atoms with Crippen molar-refractivity contribution < 1.29 is 4.79 Å². The molecule has 0 amide bonds. The molecule has 0 unspecified atom stereocenters. The van der Waals surface area contributed by atoms with Crippen molar-refractivity contribution in [2.24, 2.45) is 17.3 Å².